The first-order valence-corrected chi connectivity index (χ1v) is 12.4. The van der Waals surface area contributed by atoms with Crippen molar-refractivity contribution in [1.82, 2.24) is 9.80 Å². The summed E-state index contributed by atoms with van der Waals surface area (Å²) >= 11 is 5.16. The monoisotopic (exact) mass is 502 g/mol. The Morgan fingerprint density at radius 3 is 2.67 bits per heavy atom. The van der Waals surface area contributed by atoms with E-state index in [9.17, 15) is 19.5 Å². The minimum Gasteiger partial charge on any atom is -0.481 e. The number of halogens is 1. The number of carbonyl (C=O) groups excluding carboxylic acids is 2. The number of hydrogen-bond donors (Lipinski definition) is 2. The summed E-state index contributed by atoms with van der Waals surface area (Å²) in [4.78, 5) is 42.8. The SMILES string of the molecule is C=CCN(C(=O)C1N(CCCCCO)C(=O)[C@@H]2[C@@H](C(=O)O)[C@@H]3SC12CC3Br)C(C)C. The predicted molar refractivity (Wildman–Crippen MR) is 120 cm³/mol. The van der Waals surface area contributed by atoms with Crippen molar-refractivity contribution in [3.05, 3.63) is 12.7 Å². The number of thioether (sulfide) groups is 1. The third kappa shape index (κ3) is 3.71. The summed E-state index contributed by atoms with van der Waals surface area (Å²) in [6.07, 6.45) is 4.35. The normalized spacial score (nSPS) is 34.5. The molecule has 6 atom stereocenters. The third-order valence-electron chi connectivity index (χ3n) is 6.60. The van der Waals surface area contributed by atoms with Crippen molar-refractivity contribution in [3.63, 3.8) is 0 Å². The molecule has 3 aliphatic rings. The highest BCUT2D eigenvalue weighted by atomic mass is 79.9. The van der Waals surface area contributed by atoms with E-state index in [1.54, 1.807) is 15.9 Å². The lowest BCUT2D eigenvalue weighted by atomic mass is 9.71. The maximum atomic E-state index is 13.8. The average Bonchev–Trinajstić information content (AvgIpc) is 3.26. The smallest absolute Gasteiger partial charge is 0.308 e. The summed E-state index contributed by atoms with van der Waals surface area (Å²) < 4.78 is -0.721. The number of carboxylic acids is 1. The summed E-state index contributed by atoms with van der Waals surface area (Å²) in [7, 11) is 0. The lowest BCUT2D eigenvalue weighted by Crippen LogP contribution is -2.56. The molecule has 0 radical (unpaired) electrons. The van der Waals surface area contributed by atoms with E-state index in [0.717, 1.165) is 6.42 Å². The van der Waals surface area contributed by atoms with Crippen molar-refractivity contribution >= 4 is 45.5 Å². The van der Waals surface area contributed by atoms with Crippen LogP contribution < -0.4 is 0 Å². The Labute approximate surface area is 190 Å². The number of aliphatic hydroxyl groups excluding tert-OH is 1. The van der Waals surface area contributed by atoms with E-state index < -0.39 is 28.6 Å². The van der Waals surface area contributed by atoms with Gasteiger partial charge in [0.2, 0.25) is 11.8 Å². The topological polar surface area (TPSA) is 98.2 Å². The van der Waals surface area contributed by atoms with Gasteiger partial charge in [0.25, 0.3) is 0 Å². The van der Waals surface area contributed by atoms with Crippen LogP contribution in [0.4, 0.5) is 0 Å². The van der Waals surface area contributed by atoms with E-state index in [4.69, 9.17) is 5.11 Å². The van der Waals surface area contributed by atoms with Gasteiger partial charge in [-0.1, -0.05) is 22.0 Å². The average molecular weight is 503 g/mol. The molecule has 30 heavy (non-hydrogen) atoms. The molecule has 7 nitrogen and oxygen atoms in total. The summed E-state index contributed by atoms with van der Waals surface area (Å²) in [5.74, 6) is -2.76. The highest BCUT2D eigenvalue weighted by molar-refractivity contribution is 9.09. The Kier molecular flexibility index (Phi) is 7.24. The number of nitrogens with zero attached hydrogens (tertiary/aromatic N) is 2. The molecule has 2 amide bonds. The number of aliphatic carboxylic acids is 1. The van der Waals surface area contributed by atoms with Gasteiger partial charge < -0.3 is 20.0 Å². The quantitative estimate of drug-likeness (QED) is 0.269. The number of amides is 2. The van der Waals surface area contributed by atoms with Crippen LogP contribution in [-0.2, 0) is 14.4 Å². The van der Waals surface area contributed by atoms with Crippen molar-refractivity contribution in [2.24, 2.45) is 11.8 Å². The van der Waals surface area contributed by atoms with Gasteiger partial charge in [-0.05, 0) is 39.5 Å². The van der Waals surface area contributed by atoms with Crippen molar-refractivity contribution < 1.29 is 24.6 Å². The maximum Gasteiger partial charge on any atom is 0.308 e. The molecule has 168 valence electrons. The molecule has 0 aliphatic carbocycles. The van der Waals surface area contributed by atoms with E-state index in [0.29, 0.717) is 32.4 Å². The van der Waals surface area contributed by atoms with E-state index >= 15 is 0 Å². The number of aliphatic hydroxyl groups is 1. The van der Waals surface area contributed by atoms with E-state index in [1.165, 1.54) is 11.8 Å². The Hall–Kier alpha value is -1.06. The molecule has 3 heterocycles. The number of carbonyl (C=O) groups is 3. The zero-order chi connectivity index (χ0) is 22.2. The second-order valence-corrected chi connectivity index (χ2v) is 11.4. The predicted octanol–water partition coefficient (Wildman–Crippen LogP) is 2.12. The van der Waals surface area contributed by atoms with Crippen molar-refractivity contribution in [2.75, 3.05) is 19.7 Å². The van der Waals surface area contributed by atoms with Gasteiger partial charge in [0.15, 0.2) is 0 Å². The first-order valence-electron chi connectivity index (χ1n) is 10.6. The van der Waals surface area contributed by atoms with Crippen LogP contribution in [0.5, 0.6) is 0 Å². The molecular formula is C21H31BrN2O5S. The van der Waals surface area contributed by atoms with Gasteiger partial charge in [0, 0.05) is 35.8 Å². The van der Waals surface area contributed by atoms with Crippen molar-refractivity contribution in [1.29, 1.82) is 0 Å². The molecule has 0 aromatic heterocycles. The number of hydrogen-bond acceptors (Lipinski definition) is 5. The minimum absolute atomic E-state index is 0.0378. The second kappa shape index (κ2) is 9.20. The number of unbranched alkanes of at least 4 members (excludes halogenated alkanes) is 2. The van der Waals surface area contributed by atoms with Crippen LogP contribution in [0, 0.1) is 11.8 Å². The number of fused-ring (bicyclic) bond motifs is 1. The summed E-state index contributed by atoms with van der Waals surface area (Å²) in [6.45, 7) is 8.51. The largest absolute Gasteiger partial charge is 0.481 e. The lowest BCUT2D eigenvalue weighted by Gasteiger charge is -2.39. The molecule has 2 bridgehead atoms. The molecule has 3 fully saturated rings. The first kappa shape index (κ1) is 23.6. The number of carboxylic acid groups (broad SMARTS) is 1. The fourth-order valence-electron chi connectivity index (χ4n) is 5.35. The molecule has 0 aromatic carbocycles. The summed E-state index contributed by atoms with van der Waals surface area (Å²) in [6, 6.07) is -0.734. The van der Waals surface area contributed by atoms with Crippen LogP contribution in [0.1, 0.15) is 39.5 Å². The molecule has 3 unspecified atom stereocenters. The lowest BCUT2D eigenvalue weighted by molar-refractivity contribution is -0.148. The highest BCUT2D eigenvalue weighted by Crippen LogP contribution is 2.67. The first-order chi connectivity index (χ1) is 14.2. The van der Waals surface area contributed by atoms with Crippen LogP contribution in [-0.4, -0.2) is 84.4 Å². The third-order valence-corrected chi connectivity index (χ3v) is 9.82. The summed E-state index contributed by atoms with van der Waals surface area (Å²) in [5.41, 5.74) is 0. The fourth-order valence-corrected chi connectivity index (χ4v) is 8.95. The molecule has 1 spiro atoms. The zero-order valence-corrected chi connectivity index (χ0v) is 19.9. The zero-order valence-electron chi connectivity index (χ0n) is 17.5. The Morgan fingerprint density at radius 2 is 2.10 bits per heavy atom. The van der Waals surface area contributed by atoms with Crippen LogP contribution in [0.15, 0.2) is 12.7 Å². The van der Waals surface area contributed by atoms with Crippen LogP contribution in [0.2, 0.25) is 0 Å². The van der Waals surface area contributed by atoms with Gasteiger partial charge in [0.1, 0.15) is 6.04 Å². The second-order valence-electron chi connectivity index (χ2n) is 8.69. The Balaban J connectivity index is 2.00. The van der Waals surface area contributed by atoms with Gasteiger partial charge in [-0.15, -0.1) is 18.3 Å². The molecule has 0 saturated carbocycles. The van der Waals surface area contributed by atoms with Gasteiger partial charge in [0.05, 0.1) is 16.6 Å². The number of rotatable bonds is 10. The van der Waals surface area contributed by atoms with Gasteiger partial charge in [-0.2, -0.15) is 0 Å². The Morgan fingerprint density at radius 1 is 1.40 bits per heavy atom. The minimum atomic E-state index is -0.961. The molecule has 3 rings (SSSR count). The van der Waals surface area contributed by atoms with Gasteiger partial charge in [-0.25, -0.2) is 0 Å². The number of likely N-dealkylation sites (tertiary alicyclic amines) is 1. The Bertz CT molecular complexity index is 720. The molecule has 3 aliphatic heterocycles. The number of alkyl halides is 1. The van der Waals surface area contributed by atoms with E-state index in [2.05, 4.69) is 22.5 Å². The highest BCUT2D eigenvalue weighted by Gasteiger charge is 2.75. The van der Waals surface area contributed by atoms with Crippen LogP contribution in [0.25, 0.3) is 0 Å². The van der Waals surface area contributed by atoms with Crippen molar-refractivity contribution in [3.8, 4) is 0 Å². The standard InChI is InChI=1S/C21H31BrN2O5S/c1-4-8-23(12(2)3)19(27)17-21-11-13(22)16(30-21)14(20(28)29)15(21)18(26)24(17)9-6-5-7-10-25/h4,12-17,25H,1,5-11H2,2-3H3,(H,28,29)/t13?,14-,15+,16-,17?,21?/m1/s1. The molecule has 2 N–H and O–H groups in total. The van der Waals surface area contributed by atoms with Crippen LogP contribution >= 0.6 is 27.7 Å². The van der Waals surface area contributed by atoms with E-state index in [1.807, 2.05) is 13.8 Å². The van der Waals surface area contributed by atoms with Gasteiger partial charge >= 0.3 is 5.97 Å². The van der Waals surface area contributed by atoms with Gasteiger partial charge in [-0.3, -0.25) is 14.4 Å². The van der Waals surface area contributed by atoms with Crippen molar-refractivity contribution in [2.45, 2.75) is 66.4 Å². The summed E-state index contributed by atoms with van der Waals surface area (Å²) in [5, 5.41) is 18.8. The molecular weight excluding hydrogens is 472 g/mol. The van der Waals surface area contributed by atoms with E-state index in [-0.39, 0.29) is 34.5 Å². The molecule has 3 saturated heterocycles. The molecule has 0 aromatic rings. The fraction of sp³-hybridized carbons (Fsp3) is 0.762. The maximum absolute atomic E-state index is 13.8. The molecule has 9 heteroatoms. The van der Waals surface area contributed by atoms with Crippen LogP contribution in [0.3, 0.4) is 0 Å².